The molecule has 200 valence electrons. The van der Waals surface area contributed by atoms with Crippen LogP contribution in [0.1, 0.15) is 11.3 Å². The minimum absolute atomic E-state index is 0.199. The fourth-order valence-corrected chi connectivity index (χ4v) is 6.00. The Morgan fingerprint density at radius 1 is 1.00 bits per heavy atom. The Kier molecular flexibility index (Phi) is 7.25. The Hall–Kier alpha value is -3.28. The Bertz CT molecular complexity index is 1850. The lowest BCUT2D eigenvalue weighted by atomic mass is 10.0. The van der Waals surface area contributed by atoms with Gasteiger partial charge in [-0.3, -0.25) is 4.57 Å². The Balaban J connectivity index is 1.78. The fourth-order valence-electron chi connectivity index (χ4n) is 4.27. The molecule has 0 fully saturated rings. The van der Waals surface area contributed by atoms with E-state index in [2.05, 4.69) is 15.3 Å². The van der Waals surface area contributed by atoms with Gasteiger partial charge < -0.3 is 5.11 Å². The lowest BCUT2D eigenvalue weighted by Gasteiger charge is -2.16. The molecule has 2 aromatic heterocycles. The summed E-state index contributed by atoms with van der Waals surface area (Å²) in [6.45, 7) is 1.03. The molecule has 0 amide bonds. The first-order chi connectivity index (χ1) is 18.5. The monoisotopic (exact) mass is 605 g/mol. The van der Waals surface area contributed by atoms with Crippen LogP contribution in [0.15, 0.2) is 65.8 Å². The third-order valence-corrected chi connectivity index (χ3v) is 8.03. The number of aliphatic hydroxyl groups is 1. The Morgan fingerprint density at radius 2 is 1.77 bits per heavy atom. The van der Waals surface area contributed by atoms with Crippen LogP contribution in [-0.4, -0.2) is 44.3 Å². The molecule has 2 heterocycles. The highest BCUT2D eigenvalue weighted by atomic mass is 35.5. The van der Waals surface area contributed by atoms with Crippen molar-refractivity contribution in [2.24, 2.45) is 0 Å². The summed E-state index contributed by atoms with van der Waals surface area (Å²) in [5.41, 5.74) is 3.30. The van der Waals surface area contributed by atoms with E-state index in [0.717, 1.165) is 6.26 Å². The van der Waals surface area contributed by atoms with E-state index in [4.69, 9.17) is 34.8 Å². The minimum atomic E-state index is -3.84. The van der Waals surface area contributed by atoms with Crippen LogP contribution in [-0.2, 0) is 16.4 Å². The number of hydrogen-bond donors (Lipinski definition) is 1. The summed E-state index contributed by atoms with van der Waals surface area (Å²) in [5.74, 6) is -0.844. The van der Waals surface area contributed by atoms with Gasteiger partial charge in [0.05, 0.1) is 45.5 Å². The SMILES string of the molecule is Cc1cn(-c2ccc(-c3cc(F)c(CO)c(S(C)(=O)=O)c3)cc2-n2nncc2-c2ccc(Cl)cc2Cl)c(Cl)n1. The maximum Gasteiger partial charge on any atom is 0.207 e. The number of rotatable bonds is 6. The van der Waals surface area contributed by atoms with Crippen LogP contribution in [0.4, 0.5) is 4.39 Å². The van der Waals surface area contributed by atoms with E-state index in [9.17, 15) is 17.9 Å². The van der Waals surface area contributed by atoms with Crippen molar-refractivity contribution in [1.82, 2.24) is 24.5 Å². The van der Waals surface area contributed by atoms with Gasteiger partial charge in [-0.25, -0.2) is 22.5 Å². The summed E-state index contributed by atoms with van der Waals surface area (Å²) in [4.78, 5) is 3.97. The number of benzene rings is 3. The zero-order valence-electron chi connectivity index (χ0n) is 20.4. The molecule has 0 aliphatic rings. The normalized spacial score (nSPS) is 11.8. The van der Waals surface area contributed by atoms with Crippen molar-refractivity contribution in [1.29, 1.82) is 0 Å². The van der Waals surface area contributed by atoms with E-state index < -0.39 is 22.3 Å². The number of nitrogens with zero attached hydrogens (tertiary/aromatic N) is 5. The van der Waals surface area contributed by atoms with Gasteiger partial charge in [-0.15, -0.1) is 5.10 Å². The van der Waals surface area contributed by atoms with Crippen LogP contribution in [0.25, 0.3) is 33.8 Å². The Morgan fingerprint density at radius 3 is 2.41 bits per heavy atom. The summed E-state index contributed by atoms with van der Waals surface area (Å²) in [6.07, 6.45) is 4.23. The number of aliphatic hydroxyl groups excluding tert-OH is 1. The second-order valence-electron chi connectivity index (χ2n) is 8.75. The summed E-state index contributed by atoms with van der Waals surface area (Å²) in [6, 6.07) is 12.6. The van der Waals surface area contributed by atoms with Gasteiger partial charge in [0.1, 0.15) is 5.82 Å². The second-order valence-corrected chi connectivity index (χ2v) is 11.9. The number of halogens is 4. The van der Waals surface area contributed by atoms with Gasteiger partial charge in [0.25, 0.3) is 0 Å². The molecule has 3 aromatic carbocycles. The molecule has 0 aliphatic carbocycles. The number of hydrogen-bond acceptors (Lipinski definition) is 6. The van der Waals surface area contributed by atoms with Crippen LogP contribution in [0, 0.1) is 12.7 Å². The molecule has 0 unspecified atom stereocenters. The van der Waals surface area contributed by atoms with Gasteiger partial charge >= 0.3 is 0 Å². The summed E-state index contributed by atoms with van der Waals surface area (Å²) < 4.78 is 42.9. The molecule has 5 aromatic rings. The molecule has 8 nitrogen and oxygen atoms in total. The van der Waals surface area contributed by atoms with Crippen LogP contribution in [0.2, 0.25) is 15.3 Å². The van der Waals surface area contributed by atoms with Crippen molar-refractivity contribution in [3.63, 3.8) is 0 Å². The van der Waals surface area contributed by atoms with Gasteiger partial charge in [-0.05, 0) is 72.1 Å². The molecular formula is C26H19Cl3FN5O3S. The highest BCUT2D eigenvalue weighted by Gasteiger charge is 2.22. The van der Waals surface area contributed by atoms with Crippen LogP contribution in [0.5, 0.6) is 0 Å². The molecule has 0 saturated heterocycles. The van der Waals surface area contributed by atoms with Crippen LogP contribution in [0.3, 0.4) is 0 Å². The molecule has 5 rings (SSSR count). The highest BCUT2D eigenvalue weighted by molar-refractivity contribution is 7.90. The molecule has 0 atom stereocenters. The lowest BCUT2D eigenvalue weighted by Crippen LogP contribution is -2.07. The molecule has 0 saturated carbocycles. The molecular weight excluding hydrogens is 588 g/mol. The van der Waals surface area contributed by atoms with E-state index in [0.29, 0.717) is 43.9 Å². The number of imidazole rings is 1. The first-order valence-corrected chi connectivity index (χ1v) is 14.4. The average molecular weight is 607 g/mol. The number of aromatic nitrogens is 5. The first-order valence-electron chi connectivity index (χ1n) is 11.3. The zero-order valence-corrected chi connectivity index (χ0v) is 23.5. The van der Waals surface area contributed by atoms with Gasteiger partial charge in [0, 0.05) is 28.6 Å². The molecule has 0 radical (unpaired) electrons. The molecule has 1 N–H and O–H groups in total. The molecule has 0 aliphatic heterocycles. The topological polar surface area (TPSA) is 103 Å². The standard InChI is InChI=1S/C26H19Cl3FN5O3S/c1-14-12-34(26(29)32-14)22-6-3-15(16-7-21(30)19(13-36)25(9-16)39(2,37)38)8-23(22)35-24(11-31-33-35)18-5-4-17(27)10-20(18)28/h3-12,36H,13H2,1-2H3. The van der Waals surface area contributed by atoms with E-state index in [1.165, 1.54) is 23.0 Å². The molecule has 0 spiro atoms. The summed E-state index contributed by atoms with van der Waals surface area (Å²) in [5, 5.41) is 19.0. The van der Waals surface area contributed by atoms with Crippen molar-refractivity contribution < 1.29 is 17.9 Å². The first kappa shape index (κ1) is 27.3. The van der Waals surface area contributed by atoms with Crippen molar-refractivity contribution in [3.05, 3.63) is 93.3 Å². The zero-order chi connectivity index (χ0) is 28.1. The summed E-state index contributed by atoms with van der Waals surface area (Å²) in [7, 11) is -3.84. The van der Waals surface area contributed by atoms with E-state index in [1.54, 1.807) is 54.1 Å². The van der Waals surface area contributed by atoms with Crippen LogP contribution < -0.4 is 0 Å². The van der Waals surface area contributed by atoms with Crippen molar-refractivity contribution >= 4 is 44.6 Å². The molecule has 13 heteroatoms. The van der Waals surface area contributed by atoms with Gasteiger partial charge in [0.2, 0.25) is 5.28 Å². The molecule has 0 bridgehead atoms. The van der Waals surface area contributed by atoms with Crippen molar-refractivity contribution in [2.45, 2.75) is 18.4 Å². The van der Waals surface area contributed by atoms with Gasteiger partial charge in [0.15, 0.2) is 9.84 Å². The average Bonchev–Trinajstić information content (AvgIpc) is 3.48. The second kappa shape index (κ2) is 10.4. The van der Waals surface area contributed by atoms with Crippen molar-refractivity contribution in [2.75, 3.05) is 6.26 Å². The molecule has 39 heavy (non-hydrogen) atoms. The quantitative estimate of drug-likeness (QED) is 0.251. The third kappa shape index (κ3) is 5.18. The summed E-state index contributed by atoms with van der Waals surface area (Å²) >= 11 is 19.0. The van der Waals surface area contributed by atoms with Crippen LogP contribution >= 0.6 is 34.8 Å². The number of sulfone groups is 1. The largest absolute Gasteiger partial charge is 0.392 e. The third-order valence-electron chi connectivity index (χ3n) is 6.05. The minimum Gasteiger partial charge on any atom is -0.392 e. The smallest absolute Gasteiger partial charge is 0.207 e. The van der Waals surface area contributed by atoms with Crippen molar-refractivity contribution in [3.8, 4) is 33.8 Å². The maximum atomic E-state index is 15.0. The van der Waals surface area contributed by atoms with Gasteiger partial charge in [-0.2, -0.15) is 0 Å². The predicted octanol–water partition coefficient (Wildman–Crippen LogP) is 6.09. The van der Waals surface area contributed by atoms with E-state index in [1.807, 2.05) is 0 Å². The van der Waals surface area contributed by atoms with E-state index in [-0.39, 0.29) is 21.3 Å². The Labute approximate surface area is 238 Å². The number of aryl methyl sites for hydroxylation is 1. The lowest BCUT2D eigenvalue weighted by molar-refractivity contribution is 0.272. The maximum absolute atomic E-state index is 15.0. The van der Waals surface area contributed by atoms with Gasteiger partial charge in [-0.1, -0.05) is 34.5 Å². The fraction of sp³-hybridized carbons (Fsp3) is 0.115. The highest BCUT2D eigenvalue weighted by Crippen LogP contribution is 2.36. The predicted molar refractivity (Wildman–Crippen MR) is 148 cm³/mol. The van der Waals surface area contributed by atoms with E-state index >= 15 is 0 Å².